The monoisotopic (exact) mass is 306 g/mol. The average molecular weight is 306 g/mol. The van der Waals surface area contributed by atoms with E-state index in [0.717, 1.165) is 26.8 Å². The van der Waals surface area contributed by atoms with Crippen LogP contribution in [0.15, 0.2) is 30.3 Å². The van der Waals surface area contributed by atoms with Crippen LogP contribution >= 0.6 is 11.3 Å². The van der Waals surface area contributed by atoms with E-state index in [1.807, 2.05) is 44.2 Å². The van der Waals surface area contributed by atoms with Crippen molar-refractivity contribution in [1.82, 2.24) is 0 Å². The largest absolute Gasteiger partial charge is 0.497 e. The summed E-state index contributed by atoms with van der Waals surface area (Å²) in [5.41, 5.74) is 1.18. The topological polar surface area (TPSA) is 38.7 Å². The Hall–Kier alpha value is -1.52. The second-order valence-corrected chi connectivity index (χ2v) is 6.37. The standard InChI is InChI=1S/C17H22O3S/c1-5-17(18,15-10-16(20-4)21-12(15)2)11-13-6-8-14(19-3)9-7-13/h6-10,18H,5,11H2,1-4H3. The number of aryl methyl sites for hydroxylation is 1. The van der Waals surface area contributed by atoms with Crippen molar-refractivity contribution in [2.45, 2.75) is 32.3 Å². The van der Waals surface area contributed by atoms with Crippen LogP contribution in [0.1, 0.15) is 29.3 Å². The van der Waals surface area contributed by atoms with Crippen molar-refractivity contribution in [3.63, 3.8) is 0 Å². The van der Waals surface area contributed by atoms with Gasteiger partial charge in [-0.1, -0.05) is 19.1 Å². The van der Waals surface area contributed by atoms with Crippen LogP contribution in [0.5, 0.6) is 10.8 Å². The zero-order chi connectivity index (χ0) is 15.5. The maximum atomic E-state index is 11.1. The van der Waals surface area contributed by atoms with Crippen LogP contribution in [0.2, 0.25) is 0 Å². The van der Waals surface area contributed by atoms with Gasteiger partial charge in [0.05, 0.1) is 19.8 Å². The summed E-state index contributed by atoms with van der Waals surface area (Å²) >= 11 is 1.57. The summed E-state index contributed by atoms with van der Waals surface area (Å²) in [5, 5.41) is 11.9. The van der Waals surface area contributed by atoms with Crippen LogP contribution in [0.3, 0.4) is 0 Å². The number of benzene rings is 1. The highest BCUT2D eigenvalue weighted by Gasteiger charge is 2.31. The van der Waals surface area contributed by atoms with Gasteiger partial charge in [-0.25, -0.2) is 0 Å². The lowest BCUT2D eigenvalue weighted by molar-refractivity contribution is 0.0325. The summed E-state index contributed by atoms with van der Waals surface area (Å²) < 4.78 is 10.5. The number of aliphatic hydroxyl groups is 1. The van der Waals surface area contributed by atoms with E-state index in [4.69, 9.17) is 9.47 Å². The van der Waals surface area contributed by atoms with Crippen LogP contribution < -0.4 is 9.47 Å². The maximum Gasteiger partial charge on any atom is 0.173 e. The van der Waals surface area contributed by atoms with Crippen molar-refractivity contribution in [2.24, 2.45) is 0 Å². The number of hydrogen-bond acceptors (Lipinski definition) is 4. The summed E-state index contributed by atoms with van der Waals surface area (Å²) in [5.74, 6) is 0.826. The van der Waals surface area contributed by atoms with Crippen molar-refractivity contribution in [3.8, 4) is 10.8 Å². The third-order valence-corrected chi connectivity index (χ3v) is 4.85. The van der Waals surface area contributed by atoms with Gasteiger partial charge in [0.15, 0.2) is 5.06 Å². The Morgan fingerprint density at radius 2 is 1.81 bits per heavy atom. The van der Waals surface area contributed by atoms with E-state index in [1.165, 1.54) is 0 Å². The van der Waals surface area contributed by atoms with Gasteiger partial charge in [0.1, 0.15) is 5.75 Å². The molecule has 0 spiro atoms. The van der Waals surface area contributed by atoms with Crippen molar-refractivity contribution in [3.05, 3.63) is 46.3 Å². The Morgan fingerprint density at radius 3 is 2.29 bits per heavy atom. The van der Waals surface area contributed by atoms with E-state index in [2.05, 4.69) is 0 Å². The molecule has 21 heavy (non-hydrogen) atoms. The number of ether oxygens (including phenoxy) is 2. The van der Waals surface area contributed by atoms with Crippen molar-refractivity contribution in [2.75, 3.05) is 14.2 Å². The third kappa shape index (κ3) is 3.39. The second kappa shape index (κ2) is 6.50. The maximum absolute atomic E-state index is 11.1. The van der Waals surface area contributed by atoms with E-state index in [-0.39, 0.29) is 0 Å². The van der Waals surface area contributed by atoms with Crippen molar-refractivity contribution < 1.29 is 14.6 Å². The molecule has 1 N–H and O–H groups in total. The van der Waals surface area contributed by atoms with E-state index >= 15 is 0 Å². The molecule has 2 aromatic rings. The molecule has 0 radical (unpaired) electrons. The third-order valence-electron chi connectivity index (χ3n) is 3.84. The molecule has 0 amide bonds. The van der Waals surface area contributed by atoms with Crippen LogP contribution in [0.4, 0.5) is 0 Å². The molecule has 0 fully saturated rings. The summed E-state index contributed by atoms with van der Waals surface area (Å²) in [6, 6.07) is 9.79. The van der Waals surface area contributed by atoms with Gasteiger partial charge in [-0.2, -0.15) is 0 Å². The van der Waals surface area contributed by atoms with Gasteiger partial charge in [0.25, 0.3) is 0 Å². The normalized spacial score (nSPS) is 13.8. The van der Waals surface area contributed by atoms with E-state index in [9.17, 15) is 5.11 Å². The van der Waals surface area contributed by atoms with Crippen molar-refractivity contribution >= 4 is 11.3 Å². The zero-order valence-corrected chi connectivity index (χ0v) is 13.8. The van der Waals surface area contributed by atoms with Gasteiger partial charge in [-0.15, -0.1) is 11.3 Å². The SMILES string of the molecule is CCC(O)(Cc1ccc(OC)cc1)c1cc(OC)sc1C. The van der Waals surface area contributed by atoms with Crippen LogP contribution in [0, 0.1) is 6.92 Å². The van der Waals surface area contributed by atoms with Gasteiger partial charge < -0.3 is 14.6 Å². The Bertz CT molecular complexity index is 589. The minimum atomic E-state index is -0.869. The van der Waals surface area contributed by atoms with Crippen LogP contribution in [-0.2, 0) is 12.0 Å². The number of rotatable bonds is 6. The van der Waals surface area contributed by atoms with Gasteiger partial charge in [0, 0.05) is 16.9 Å². The van der Waals surface area contributed by atoms with Gasteiger partial charge in [-0.3, -0.25) is 0 Å². The fourth-order valence-electron chi connectivity index (χ4n) is 2.51. The Balaban J connectivity index is 2.29. The molecular weight excluding hydrogens is 284 g/mol. The smallest absolute Gasteiger partial charge is 0.173 e. The lowest BCUT2D eigenvalue weighted by Crippen LogP contribution is -2.27. The van der Waals surface area contributed by atoms with Gasteiger partial charge >= 0.3 is 0 Å². The highest BCUT2D eigenvalue weighted by Crippen LogP contribution is 2.39. The Morgan fingerprint density at radius 1 is 1.14 bits per heavy atom. The first-order chi connectivity index (χ1) is 10.0. The predicted molar refractivity (Wildman–Crippen MR) is 86.5 cm³/mol. The molecule has 1 heterocycles. The van der Waals surface area contributed by atoms with Crippen LogP contribution in [-0.4, -0.2) is 19.3 Å². The molecule has 0 aliphatic rings. The van der Waals surface area contributed by atoms with Crippen molar-refractivity contribution in [1.29, 1.82) is 0 Å². The van der Waals surface area contributed by atoms with E-state index in [0.29, 0.717) is 12.8 Å². The molecule has 0 bridgehead atoms. The predicted octanol–water partition coefficient (Wildman–Crippen LogP) is 3.91. The van der Waals surface area contributed by atoms with Gasteiger partial charge in [-0.05, 0) is 37.1 Å². The quantitative estimate of drug-likeness (QED) is 0.879. The first kappa shape index (κ1) is 15.9. The zero-order valence-electron chi connectivity index (χ0n) is 13.0. The first-order valence-corrected chi connectivity index (χ1v) is 7.84. The molecule has 0 aliphatic carbocycles. The first-order valence-electron chi connectivity index (χ1n) is 7.02. The highest BCUT2D eigenvalue weighted by atomic mass is 32.1. The Labute approximate surface area is 130 Å². The summed E-state index contributed by atoms with van der Waals surface area (Å²) in [6.07, 6.45) is 1.23. The second-order valence-electron chi connectivity index (χ2n) is 5.15. The average Bonchev–Trinajstić information content (AvgIpc) is 2.90. The van der Waals surface area contributed by atoms with Crippen LogP contribution in [0.25, 0.3) is 0 Å². The number of methoxy groups -OCH3 is 2. The highest BCUT2D eigenvalue weighted by molar-refractivity contribution is 7.13. The molecule has 2 rings (SSSR count). The molecule has 1 aromatic heterocycles. The minimum Gasteiger partial charge on any atom is -0.497 e. The molecule has 0 saturated heterocycles. The molecular formula is C17H22O3S. The number of thiophene rings is 1. The molecule has 0 saturated carbocycles. The molecule has 1 aromatic carbocycles. The van der Waals surface area contributed by atoms with E-state index in [1.54, 1.807) is 25.6 Å². The fraction of sp³-hybridized carbons (Fsp3) is 0.412. The minimum absolute atomic E-state index is 0.578. The lowest BCUT2D eigenvalue weighted by atomic mass is 9.85. The molecule has 0 aliphatic heterocycles. The summed E-state index contributed by atoms with van der Waals surface area (Å²) in [4.78, 5) is 1.10. The number of hydrogen-bond donors (Lipinski definition) is 1. The molecule has 1 atom stereocenters. The van der Waals surface area contributed by atoms with E-state index < -0.39 is 5.60 Å². The summed E-state index contributed by atoms with van der Waals surface area (Å²) in [7, 11) is 3.31. The fourth-order valence-corrected chi connectivity index (χ4v) is 3.43. The lowest BCUT2D eigenvalue weighted by Gasteiger charge is -2.27. The molecule has 114 valence electrons. The molecule has 1 unspecified atom stereocenters. The summed E-state index contributed by atoms with van der Waals surface area (Å²) in [6.45, 7) is 4.03. The molecule has 4 heteroatoms. The van der Waals surface area contributed by atoms with Gasteiger partial charge in [0.2, 0.25) is 0 Å². The molecule has 3 nitrogen and oxygen atoms in total. The Kier molecular flexibility index (Phi) is 4.91.